The minimum Gasteiger partial charge on any atom is -0.483 e. The van der Waals surface area contributed by atoms with Crippen molar-refractivity contribution in [2.75, 3.05) is 30.9 Å². The quantitative estimate of drug-likeness (QED) is 0.193. The van der Waals surface area contributed by atoms with E-state index in [4.69, 9.17) is 25.7 Å². The Labute approximate surface area is 258 Å². The molecule has 0 unspecified atom stereocenters. The third-order valence-electron chi connectivity index (χ3n) is 6.97. The number of rotatable bonds is 8. The van der Waals surface area contributed by atoms with Gasteiger partial charge in [-0.2, -0.15) is 9.78 Å². The number of aryl methyl sites for hydroxylation is 1. The summed E-state index contributed by atoms with van der Waals surface area (Å²) < 4.78 is 13.2. The minimum atomic E-state index is -0.370. The van der Waals surface area contributed by atoms with Crippen LogP contribution in [0.2, 0.25) is 5.02 Å². The molecule has 0 fully saturated rings. The highest BCUT2D eigenvalue weighted by atomic mass is 35.5. The van der Waals surface area contributed by atoms with Gasteiger partial charge in [0, 0.05) is 47.5 Å². The molecule has 0 aliphatic rings. The van der Waals surface area contributed by atoms with Gasteiger partial charge in [-0.15, -0.1) is 0 Å². The van der Waals surface area contributed by atoms with Crippen molar-refractivity contribution in [3.05, 3.63) is 117 Å². The zero-order valence-corrected chi connectivity index (χ0v) is 25.0. The molecule has 0 atom stereocenters. The van der Waals surface area contributed by atoms with Gasteiger partial charge in [-0.05, 0) is 67.6 Å². The van der Waals surface area contributed by atoms with Gasteiger partial charge in [0.1, 0.15) is 11.3 Å². The van der Waals surface area contributed by atoms with Crippen molar-refractivity contribution in [3.63, 3.8) is 0 Å². The molecule has 0 spiro atoms. The summed E-state index contributed by atoms with van der Waals surface area (Å²) in [6, 6.07) is 27.1. The molecule has 6 rings (SSSR count). The third kappa shape index (κ3) is 6.04. The highest BCUT2D eigenvalue weighted by Crippen LogP contribution is 2.29. The maximum Gasteiger partial charge on any atom is 0.282 e. The summed E-state index contributed by atoms with van der Waals surface area (Å²) in [6.07, 6.45) is 1.51. The van der Waals surface area contributed by atoms with E-state index in [-0.39, 0.29) is 23.9 Å². The van der Waals surface area contributed by atoms with Crippen molar-refractivity contribution < 1.29 is 13.9 Å². The average molecular weight is 606 g/mol. The SMILES string of the molecule is Cc1ccc(NC(=O)COc2cc(N(C)C)ccc2C=Nn2c(-c3cc4cc(Cl)ccc4o3)nc3ccccc3c2=O)cc1. The molecular formula is C34H28ClN5O4. The van der Waals surface area contributed by atoms with Gasteiger partial charge < -0.3 is 19.4 Å². The van der Waals surface area contributed by atoms with E-state index >= 15 is 0 Å². The lowest BCUT2D eigenvalue weighted by Crippen LogP contribution is -2.21. The number of amides is 1. The summed E-state index contributed by atoms with van der Waals surface area (Å²) in [5.41, 5.74) is 3.93. The van der Waals surface area contributed by atoms with E-state index in [1.807, 2.05) is 74.4 Å². The smallest absolute Gasteiger partial charge is 0.282 e. The summed E-state index contributed by atoms with van der Waals surface area (Å²) in [6.45, 7) is 1.75. The topological polar surface area (TPSA) is 102 Å². The number of ether oxygens (including phenoxy) is 1. The molecule has 0 saturated heterocycles. The molecule has 9 nitrogen and oxygen atoms in total. The van der Waals surface area contributed by atoms with E-state index in [2.05, 4.69) is 10.4 Å². The first-order chi connectivity index (χ1) is 21.2. The molecule has 1 amide bonds. The van der Waals surface area contributed by atoms with Crippen LogP contribution in [-0.4, -0.2) is 42.5 Å². The number of aromatic nitrogens is 2. The van der Waals surface area contributed by atoms with Crippen molar-refractivity contribution in [1.82, 2.24) is 9.66 Å². The van der Waals surface area contributed by atoms with Crippen LogP contribution in [0.5, 0.6) is 5.75 Å². The van der Waals surface area contributed by atoms with Crippen LogP contribution in [0.25, 0.3) is 33.5 Å². The lowest BCUT2D eigenvalue weighted by atomic mass is 10.2. The summed E-state index contributed by atoms with van der Waals surface area (Å²) in [4.78, 5) is 33.1. The normalized spacial score (nSPS) is 11.4. The molecule has 0 radical (unpaired) electrons. The second-order valence-corrected chi connectivity index (χ2v) is 10.9. The van der Waals surface area contributed by atoms with Crippen LogP contribution in [0.3, 0.4) is 0 Å². The summed E-state index contributed by atoms with van der Waals surface area (Å²) >= 11 is 6.19. The largest absolute Gasteiger partial charge is 0.483 e. The summed E-state index contributed by atoms with van der Waals surface area (Å²) in [7, 11) is 3.81. The molecule has 10 heteroatoms. The van der Waals surface area contributed by atoms with E-state index in [1.54, 1.807) is 42.5 Å². The van der Waals surface area contributed by atoms with Crippen molar-refractivity contribution in [1.29, 1.82) is 0 Å². The first kappa shape index (κ1) is 28.7. The molecule has 0 aliphatic carbocycles. The Morgan fingerprint density at radius 3 is 2.64 bits per heavy atom. The molecule has 6 aromatic rings. The van der Waals surface area contributed by atoms with Crippen LogP contribution in [0.15, 0.2) is 105 Å². The maximum absolute atomic E-state index is 13.7. The molecule has 2 aromatic heterocycles. The second kappa shape index (κ2) is 12.1. The lowest BCUT2D eigenvalue weighted by molar-refractivity contribution is -0.118. The van der Waals surface area contributed by atoms with Gasteiger partial charge in [0.15, 0.2) is 12.4 Å². The Bertz CT molecular complexity index is 2100. The van der Waals surface area contributed by atoms with Crippen molar-refractivity contribution in [2.45, 2.75) is 6.92 Å². The Kier molecular flexibility index (Phi) is 7.87. The van der Waals surface area contributed by atoms with Gasteiger partial charge >= 0.3 is 0 Å². The van der Waals surface area contributed by atoms with E-state index in [0.29, 0.717) is 44.3 Å². The number of furan rings is 1. The Hall–Kier alpha value is -5.41. The van der Waals surface area contributed by atoms with Crippen molar-refractivity contribution in [2.24, 2.45) is 5.10 Å². The molecule has 4 aromatic carbocycles. The van der Waals surface area contributed by atoms with Crippen LogP contribution < -0.4 is 20.5 Å². The Balaban J connectivity index is 1.37. The monoisotopic (exact) mass is 605 g/mol. The molecule has 44 heavy (non-hydrogen) atoms. The predicted molar refractivity (Wildman–Crippen MR) is 175 cm³/mol. The highest BCUT2D eigenvalue weighted by Gasteiger charge is 2.17. The molecule has 0 aliphatic heterocycles. The number of halogens is 1. The summed E-state index contributed by atoms with van der Waals surface area (Å²) in [5.74, 6) is 0.687. The average Bonchev–Trinajstić information content (AvgIpc) is 3.44. The number of nitrogens with zero attached hydrogens (tertiary/aromatic N) is 4. The van der Waals surface area contributed by atoms with E-state index < -0.39 is 0 Å². The fourth-order valence-electron chi connectivity index (χ4n) is 4.64. The number of carbonyl (C=O) groups is 1. The number of anilines is 2. The number of hydrogen-bond donors (Lipinski definition) is 1. The van der Waals surface area contributed by atoms with Gasteiger partial charge in [-0.25, -0.2) is 4.98 Å². The Morgan fingerprint density at radius 2 is 1.84 bits per heavy atom. The number of nitrogens with one attached hydrogen (secondary N) is 1. The van der Waals surface area contributed by atoms with Gasteiger partial charge in [-0.1, -0.05) is 41.4 Å². The molecule has 220 valence electrons. The van der Waals surface area contributed by atoms with Crippen LogP contribution in [0.4, 0.5) is 11.4 Å². The van der Waals surface area contributed by atoms with E-state index in [9.17, 15) is 9.59 Å². The number of para-hydroxylation sites is 1. The molecule has 2 heterocycles. The van der Waals surface area contributed by atoms with E-state index in [0.717, 1.165) is 16.6 Å². The number of benzene rings is 4. The second-order valence-electron chi connectivity index (χ2n) is 10.4. The van der Waals surface area contributed by atoms with Crippen LogP contribution in [-0.2, 0) is 4.79 Å². The van der Waals surface area contributed by atoms with E-state index in [1.165, 1.54) is 10.9 Å². The summed E-state index contributed by atoms with van der Waals surface area (Å²) in [5, 5.41) is 9.14. The molecule has 0 bridgehead atoms. The van der Waals surface area contributed by atoms with Gasteiger partial charge in [-0.3, -0.25) is 9.59 Å². The standard InChI is InChI=1S/C34H28ClN5O4/c1-21-8-12-25(13-9-21)37-32(41)20-43-30-18-26(39(2)3)14-10-22(30)19-36-40-33(38-28-7-5-4-6-27(28)34(40)42)31-17-23-16-24(35)11-15-29(23)44-31/h4-19H,20H2,1-3H3,(H,37,41). The predicted octanol–water partition coefficient (Wildman–Crippen LogP) is 6.74. The third-order valence-corrected chi connectivity index (χ3v) is 7.21. The van der Waals surface area contributed by atoms with Crippen LogP contribution in [0.1, 0.15) is 11.1 Å². The zero-order chi connectivity index (χ0) is 30.8. The Morgan fingerprint density at radius 1 is 1.05 bits per heavy atom. The first-order valence-electron chi connectivity index (χ1n) is 13.8. The number of fused-ring (bicyclic) bond motifs is 2. The fraction of sp³-hybridized carbons (Fsp3) is 0.118. The van der Waals surface area contributed by atoms with Crippen LogP contribution >= 0.6 is 11.6 Å². The zero-order valence-electron chi connectivity index (χ0n) is 24.2. The minimum absolute atomic E-state index is 0.224. The van der Waals surface area contributed by atoms with Crippen LogP contribution in [0, 0.1) is 6.92 Å². The van der Waals surface area contributed by atoms with Gasteiger partial charge in [0.25, 0.3) is 11.5 Å². The fourth-order valence-corrected chi connectivity index (χ4v) is 4.83. The molecule has 0 saturated carbocycles. The van der Waals surface area contributed by atoms with Crippen molar-refractivity contribution in [3.8, 4) is 17.3 Å². The maximum atomic E-state index is 13.7. The van der Waals surface area contributed by atoms with Crippen molar-refractivity contribution >= 4 is 57.0 Å². The lowest BCUT2D eigenvalue weighted by Gasteiger charge is -2.16. The molecular weight excluding hydrogens is 578 g/mol. The first-order valence-corrected chi connectivity index (χ1v) is 14.2. The van der Waals surface area contributed by atoms with Gasteiger partial charge in [0.2, 0.25) is 5.82 Å². The highest BCUT2D eigenvalue weighted by molar-refractivity contribution is 6.31. The van der Waals surface area contributed by atoms with Gasteiger partial charge in [0.05, 0.1) is 17.1 Å². The number of carbonyl (C=O) groups excluding carboxylic acids is 1. The molecule has 1 N–H and O–H groups in total. The number of hydrogen-bond acceptors (Lipinski definition) is 7.